The average molecular weight is 480 g/mol. The molecule has 0 radical (unpaired) electrons. The van der Waals surface area contributed by atoms with Crippen molar-refractivity contribution in [2.24, 2.45) is 0 Å². The third-order valence-electron chi connectivity index (χ3n) is 4.58. The van der Waals surface area contributed by atoms with Crippen molar-refractivity contribution in [1.29, 1.82) is 0 Å². The molecule has 32 heavy (non-hydrogen) atoms. The van der Waals surface area contributed by atoms with Gasteiger partial charge in [0.1, 0.15) is 4.90 Å². The summed E-state index contributed by atoms with van der Waals surface area (Å²) in [5, 5.41) is 2.86. The summed E-state index contributed by atoms with van der Waals surface area (Å²) in [5.41, 5.74) is 3.08. The molecule has 0 unspecified atom stereocenters. The predicted octanol–water partition coefficient (Wildman–Crippen LogP) is 4.05. The molecule has 7 nitrogen and oxygen atoms in total. The van der Waals surface area contributed by atoms with E-state index in [4.69, 9.17) is 11.6 Å². The number of rotatable bonds is 6. The van der Waals surface area contributed by atoms with Crippen LogP contribution in [0.15, 0.2) is 35.2 Å². The maximum Gasteiger partial charge on any atom is 0.254 e. The molecule has 174 valence electrons. The lowest BCUT2D eigenvalue weighted by Crippen LogP contribution is -2.40. The topological polar surface area (TPSA) is 95.6 Å². The van der Waals surface area contributed by atoms with Gasteiger partial charge in [0.15, 0.2) is 0 Å². The van der Waals surface area contributed by atoms with Crippen molar-refractivity contribution in [2.75, 3.05) is 18.9 Å². The Morgan fingerprint density at radius 3 is 2.12 bits per heavy atom. The Balaban J connectivity index is 2.20. The molecule has 2 aromatic rings. The van der Waals surface area contributed by atoms with E-state index in [0.717, 1.165) is 22.4 Å². The Bertz CT molecular complexity index is 1130. The molecule has 0 aliphatic carbocycles. The summed E-state index contributed by atoms with van der Waals surface area (Å²) in [6.45, 7) is 10.7. The van der Waals surface area contributed by atoms with Crippen LogP contribution >= 0.6 is 11.6 Å². The summed E-state index contributed by atoms with van der Waals surface area (Å²) in [6, 6.07) is 7.96. The number of aryl methyl sites for hydroxylation is 3. The summed E-state index contributed by atoms with van der Waals surface area (Å²) < 4.78 is 27.9. The first kappa shape index (κ1) is 25.8. The molecule has 0 bridgehead atoms. The van der Waals surface area contributed by atoms with E-state index >= 15 is 0 Å². The van der Waals surface area contributed by atoms with Crippen molar-refractivity contribution in [2.45, 2.75) is 52.0 Å². The van der Waals surface area contributed by atoms with Crippen LogP contribution in [0.25, 0.3) is 0 Å². The summed E-state index contributed by atoms with van der Waals surface area (Å²) in [7, 11) is -2.46. The number of sulfonamides is 1. The molecule has 0 fully saturated rings. The molecule has 2 aromatic carbocycles. The number of benzene rings is 2. The zero-order valence-electron chi connectivity index (χ0n) is 19.5. The van der Waals surface area contributed by atoms with E-state index < -0.39 is 21.5 Å². The number of amides is 2. The highest BCUT2D eigenvalue weighted by Crippen LogP contribution is 2.25. The number of anilines is 1. The first-order chi connectivity index (χ1) is 14.6. The van der Waals surface area contributed by atoms with E-state index in [9.17, 15) is 18.0 Å². The summed E-state index contributed by atoms with van der Waals surface area (Å²) in [5.74, 6) is -0.853. The van der Waals surface area contributed by atoms with Crippen molar-refractivity contribution in [3.05, 3.63) is 57.6 Å². The smallest absolute Gasteiger partial charge is 0.254 e. The van der Waals surface area contributed by atoms with Gasteiger partial charge in [-0.2, -0.15) is 0 Å². The highest BCUT2D eigenvalue weighted by molar-refractivity contribution is 7.89. The fourth-order valence-corrected chi connectivity index (χ4v) is 5.31. The van der Waals surface area contributed by atoms with Crippen LogP contribution in [-0.4, -0.2) is 44.3 Å². The minimum Gasteiger partial charge on any atom is -0.332 e. The molecule has 0 saturated heterocycles. The van der Waals surface area contributed by atoms with E-state index in [-0.39, 0.29) is 27.9 Å². The molecule has 0 atom stereocenters. The van der Waals surface area contributed by atoms with Crippen molar-refractivity contribution < 1.29 is 18.0 Å². The summed E-state index contributed by atoms with van der Waals surface area (Å²) in [4.78, 5) is 26.5. The number of hydrogen-bond acceptors (Lipinski definition) is 4. The largest absolute Gasteiger partial charge is 0.332 e. The van der Waals surface area contributed by atoms with Gasteiger partial charge in [0.25, 0.3) is 5.91 Å². The van der Waals surface area contributed by atoms with Gasteiger partial charge in [-0.1, -0.05) is 29.3 Å². The van der Waals surface area contributed by atoms with Crippen LogP contribution in [0.1, 0.15) is 47.8 Å². The van der Waals surface area contributed by atoms with Crippen molar-refractivity contribution in [3.8, 4) is 0 Å². The van der Waals surface area contributed by atoms with Gasteiger partial charge in [0.05, 0.1) is 11.6 Å². The number of nitrogens with zero attached hydrogens (tertiary/aromatic N) is 1. The summed E-state index contributed by atoms with van der Waals surface area (Å²) >= 11 is 6.10. The molecule has 0 aliphatic heterocycles. The highest BCUT2D eigenvalue weighted by atomic mass is 35.5. The molecular formula is C23H30ClN3O4S. The Hall–Kier alpha value is -2.42. The van der Waals surface area contributed by atoms with E-state index in [1.807, 2.05) is 32.9 Å². The predicted molar refractivity (Wildman–Crippen MR) is 128 cm³/mol. The van der Waals surface area contributed by atoms with Crippen LogP contribution in [-0.2, 0) is 14.8 Å². The number of likely N-dealkylation sites (N-methyl/N-ethyl adjacent to an activating group) is 1. The zero-order valence-corrected chi connectivity index (χ0v) is 21.0. The normalized spacial score (nSPS) is 11.9. The Morgan fingerprint density at radius 2 is 1.59 bits per heavy atom. The third-order valence-corrected chi connectivity index (χ3v) is 6.82. The number of hydrogen-bond donors (Lipinski definition) is 2. The Morgan fingerprint density at radius 1 is 1.03 bits per heavy atom. The maximum atomic E-state index is 12.9. The molecule has 0 saturated carbocycles. The van der Waals surface area contributed by atoms with Gasteiger partial charge < -0.3 is 10.2 Å². The van der Waals surface area contributed by atoms with Gasteiger partial charge in [0.2, 0.25) is 15.9 Å². The van der Waals surface area contributed by atoms with Crippen LogP contribution in [0.2, 0.25) is 5.02 Å². The van der Waals surface area contributed by atoms with E-state index in [1.54, 1.807) is 20.8 Å². The maximum absolute atomic E-state index is 12.9. The first-order valence-corrected chi connectivity index (χ1v) is 11.9. The molecule has 2 rings (SSSR count). The molecule has 0 aromatic heterocycles. The van der Waals surface area contributed by atoms with Gasteiger partial charge in [-0.25, -0.2) is 13.1 Å². The monoisotopic (exact) mass is 479 g/mol. The molecule has 2 N–H and O–H groups in total. The molecular weight excluding hydrogens is 450 g/mol. The lowest BCUT2D eigenvalue weighted by molar-refractivity contribution is -0.116. The highest BCUT2D eigenvalue weighted by Gasteiger charge is 2.26. The standard InChI is InChI=1S/C23H30ClN3O4S/c1-14-10-15(2)21(16(3)11-14)25-20(28)13-27(7)22(29)17-8-9-18(24)19(12-17)32(30,31)26-23(4,5)6/h8-12,26H,13H2,1-7H3,(H,25,28). The van der Waals surface area contributed by atoms with Crippen LogP contribution in [0.5, 0.6) is 0 Å². The van der Waals surface area contributed by atoms with Gasteiger partial charge in [-0.05, 0) is 70.9 Å². The van der Waals surface area contributed by atoms with Gasteiger partial charge in [-0.15, -0.1) is 0 Å². The van der Waals surface area contributed by atoms with Gasteiger partial charge >= 0.3 is 0 Å². The average Bonchev–Trinajstić information content (AvgIpc) is 2.62. The second kappa shape index (κ2) is 9.60. The minimum atomic E-state index is -3.94. The molecule has 2 amide bonds. The first-order valence-electron chi connectivity index (χ1n) is 10.1. The quantitative estimate of drug-likeness (QED) is 0.653. The van der Waals surface area contributed by atoms with Gasteiger partial charge in [-0.3, -0.25) is 9.59 Å². The second-order valence-electron chi connectivity index (χ2n) is 8.98. The number of halogens is 1. The Labute approximate surface area is 195 Å². The minimum absolute atomic E-state index is 0.00372. The van der Waals surface area contributed by atoms with Crippen molar-refractivity contribution >= 4 is 39.1 Å². The van der Waals surface area contributed by atoms with Crippen LogP contribution in [0.4, 0.5) is 5.69 Å². The van der Waals surface area contributed by atoms with E-state index in [1.165, 1.54) is 30.1 Å². The number of nitrogens with one attached hydrogen (secondary N) is 2. The van der Waals surface area contributed by atoms with E-state index in [0.29, 0.717) is 0 Å². The van der Waals surface area contributed by atoms with E-state index in [2.05, 4.69) is 10.0 Å². The fraction of sp³-hybridized carbons (Fsp3) is 0.391. The fourth-order valence-electron chi connectivity index (χ4n) is 3.36. The molecule has 0 spiro atoms. The zero-order chi connectivity index (χ0) is 24.4. The van der Waals surface area contributed by atoms with Crippen molar-refractivity contribution in [3.63, 3.8) is 0 Å². The lowest BCUT2D eigenvalue weighted by Gasteiger charge is -2.22. The number of carbonyl (C=O) groups excluding carboxylic acids is 2. The lowest BCUT2D eigenvalue weighted by atomic mass is 10.1. The Kier molecular flexibility index (Phi) is 7.75. The molecule has 0 aliphatic rings. The summed E-state index contributed by atoms with van der Waals surface area (Å²) in [6.07, 6.45) is 0. The molecule has 0 heterocycles. The SMILES string of the molecule is Cc1cc(C)c(NC(=O)CN(C)C(=O)c2ccc(Cl)c(S(=O)(=O)NC(C)(C)C)c2)c(C)c1. The van der Waals surface area contributed by atoms with Gasteiger partial charge in [0, 0.05) is 23.8 Å². The number of carbonyl (C=O) groups is 2. The van der Waals surface area contributed by atoms with Crippen LogP contribution < -0.4 is 10.0 Å². The van der Waals surface area contributed by atoms with Crippen LogP contribution in [0.3, 0.4) is 0 Å². The van der Waals surface area contributed by atoms with Crippen molar-refractivity contribution in [1.82, 2.24) is 9.62 Å². The second-order valence-corrected chi connectivity index (χ2v) is 11.0. The van der Waals surface area contributed by atoms with Crippen LogP contribution in [0, 0.1) is 20.8 Å². The third kappa shape index (κ3) is 6.54. The molecule has 9 heteroatoms.